The van der Waals surface area contributed by atoms with Gasteiger partial charge in [-0.25, -0.2) is 0 Å². The van der Waals surface area contributed by atoms with Crippen molar-refractivity contribution < 1.29 is 4.74 Å². The molecule has 0 N–H and O–H groups in total. The lowest BCUT2D eigenvalue weighted by Crippen LogP contribution is -2.39. The summed E-state index contributed by atoms with van der Waals surface area (Å²) in [5.41, 5.74) is -0.0155. The van der Waals surface area contributed by atoms with Crippen LogP contribution in [0.4, 0.5) is 0 Å². The Morgan fingerprint density at radius 2 is 2.00 bits per heavy atom. The van der Waals surface area contributed by atoms with E-state index >= 15 is 0 Å². The zero-order valence-corrected chi connectivity index (χ0v) is 11.4. The minimum absolute atomic E-state index is 0.0155. The maximum atomic E-state index is 6.03. The Hall–Kier alpha value is 0.200. The van der Waals surface area contributed by atoms with Gasteiger partial charge in [0.25, 0.3) is 0 Å². The van der Waals surface area contributed by atoms with Crippen LogP contribution in [0.2, 0.25) is 0 Å². The predicted molar refractivity (Wildman–Crippen MR) is 70.2 cm³/mol. The molecule has 0 aliphatic carbocycles. The van der Waals surface area contributed by atoms with E-state index in [4.69, 9.17) is 4.74 Å². The summed E-state index contributed by atoms with van der Waals surface area (Å²) in [6.45, 7) is 4.41. The molecule has 82 valence electrons. The number of rotatable bonds is 0. The second-order valence-electron chi connectivity index (χ2n) is 4.60. The van der Waals surface area contributed by atoms with Crippen LogP contribution >= 0.6 is 34.9 Å². The van der Waals surface area contributed by atoms with Crippen molar-refractivity contribution in [3.63, 3.8) is 0 Å². The van der Waals surface area contributed by atoms with Crippen LogP contribution in [0, 0.1) is 0 Å². The Morgan fingerprint density at radius 3 is 2.73 bits per heavy atom. The van der Waals surface area contributed by atoms with Crippen molar-refractivity contribution in [1.82, 2.24) is 0 Å². The van der Waals surface area contributed by atoms with Crippen LogP contribution in [0.25, 0.3) is 0 Å². The molecule has 1 aromatic heterocycles. The molecule has 0 bridgehead atoms. The molecule has 0 amide bonds. The molecule has 2 aliphatic heterocycles. The van der Waals surface area contributed by atoms with Crippen LogP contribution in [0.3, 0.4) is 0 Å². The molecule has 4 heteroatoms. The normalized spacial score (nSPS) is 26.3. The molecular weight excluding hydrogens is 244 g/mol. The van der Waals surface area contributed by atoms with Gasteiger partial charge in [0.15, 0.2) is 0 Å². The number of hydrogen-bond donors (Lipinski definition) is 0. The summed E-state index contributed by atoms with van der Waals surface area (Å²) in [7, 11) is 0. The number of ether oxygens (including phenoxy) is 1. The second kappa shape index (κ2) is 3.34. The zero-order chi connectivity index (χ0) is 10.5. The second-order valence-corrected chi connectivity index (χ2v) is 8.56. The summed E-state index contributed by atoms with van der Waals surface area (Å²) >= 11 is 6.07. The van der Waals surface area contributed by atoms with Gasteiger partial charge in [0, 0.05) is 17.9 Å². The summed E-state index contributed by atoms with van der Waals surface area (Å²) in [6.07, 6.45) is 1.13. The molecule has 0 atom stereocenters. The molecule has 1 fully saturated rings. The first-order valence-electron chi connectivity index (χ1n) is 5.16. The van der Waals surface area contributed by atoms with E-state index in [1.807, 2.05) is 11.3 Å². The molecule has 0 aromatic carbocycles. The molecular formula is C11H14OS3. The summed E-state index contributed by atoms with van der Waals surface area (Å²) in [4.78, 5) is 1.45. The molecule has 1 spiro atoms. The van der Waals surface area contributed by atoms with E-state index < -0.39 is 0 Å². The summed E-state index contributed by atoms with van der Waals surface area (Å²) < 4.78 is 6.33. The highest BCUT2D eigenvalue weighted by Gasteiger charge is 2.49. The Balaban J connectivity index is 2.09. The van der Waals surface area contributed by atoms with Crippen LogP contribution in [-0.4, -0.2) is 17.1 Å². The van der Waals surface area contributed by atoms with Gasteiger partial charge in [-0.05, 0) is 25.3 Å². The van der Waals surface area contributed by atoms with Crippen molar-refractivity contribution in [2.45, 2.75) is 29.9 Å². The van der Waals surface area contributed by atoms with E-state index in [-0.39, 0.29) is 5.60 Å². The van der Waals surface area contributed by atoms with Gasteiger partial charge >= 0.3 is 0 Å². The van der Waals surface area contributed by atoms with Crippen LogP contribution in [0.15, 0.2) is 11.4 Å². The van der Waals surface area contributed by atoms with Gasteiger partial charge in [0.2, 0.25) is 0 Å². The Bertz CT molecular complexity index is 377. The SMILES string of the molecule is CC1(C)CC2(SCCS2)c2sccc2O1. The average molecular weight is 258 g/mol. The lowest BCUT2D eigenvalue weighted by molar-refractivity contribution is 0.0811. The fourth-order valence-corrected chi connectivity index (χ4v) is 7.29. The quantitative estimate of drug-likeness (QED) is 0.697. The molecule has 15 heavy (non-hydrogen) atoms. The molecule has 1 nitrogen and oxygen atoms in total. The van der Waals surface area contributed by atoms with E-state index in [0.29, 0.717) is 4.08 Å². The third kappa shape index (κ3) is 1.61. The van der Waals surface area contributed by atoms with Crippen molar-refractivity contribution in [3.8, 4) is 5.75 Å². The molecule has 3 heterocycles. The minimum Gasteiger partial charge on any atom is -0.487 e. The molecule has 1 saturated heterocycles. The zero-order valence-electron chi connectivity index (χ0n) is 8.91. The topological polar surface area (TPSA) is 9.23 Å². The molecule has 3 rings (SSSR count). The molecule has 0 saturated carbocycles. The largest absolute Gasteiger partial charge is 0.487 e. The third-order valence-electron chi connectivity index (χ3n) is 2.77. The molecule has 0 radical (unpaired) electrons. The predicted octanol–water partition coefficient (Wildman–Crippen LogP) is 3.94. The van der Waals surface area contributed by atoms with Gasteiger partial charge in [-0.1, -0.05) is 0 Å². The highest BCUT2D eigenvalue weighted by Crippen LogP contribution is 2.62. The standard InChI is InChI=1S/C11H14OS3/c1-10(2)7-11(14-5-6-15-11)9-8(12-10)3-4-13-9/h3-4H,5-7H2,1-2H3. The number of fused-ring (bicyclic) bond motifs is 2. The van der Waals surface area contributed by atoms with E-state index in [9.17, 15) is 0 Å². The minimum atomic E-state index is -0.0155. The lowest BCUT2D eigenvalue weighted by atomic mass is 9.98. The summed E-state index contributed by atoms with van der Waals surface area (Å²) in [5, 5.41) is 2.16. The van der Waals surface area contributed by atoms with Crippen molar-refractivity contribution in [3.05, 3.63) is 16.3 Å². The van der Waals surface area contributed by atoms with Gasteiger partial charge in [-0.15, -0.1) is 34.9 Å². The maximum Gasteiger partial charge on any atom is 0.136 e. The first-order valence-corrected chi connectivity index (χ1v) is 8.01. The monoisotopic (exact) mass is 258 g/mol. The highest BCUT2D eigenvalue weighted by atomic mass is 32.2. The highest BCUT2D eigenvalue weighted by molar-refractivity contribution is 8.20. The van der Waals surface area contributed by atoms with E-state index in [0.717, 1.165) is 12.2 Å². The number of hydrogen-bond acceptors (Lipinski definition) is 4. The van der Waals surface area contributed by atoms with Crippen LogP contribution in [0.1, 0.15) is 25.1 Å². The van der Waals surface area contributed by atoms with Gasteiger partial charge in [0.05, 0.1) is 4.88 Å². The maximum absolute atomic E-state index is 6.03. The number of thioether (sulfide) groups is 2. The van der Waals surface area contributed by atoms with Crippen molar-refractivity contribution >= 4 is 34.9 Å². The van der Waals surface area contributed by atoms with Crippen LogP contribution < -0.4 is 4.74 Å². The van der Waals surface area contributed by atoms with Crippen molar-refractivity contribution in [1.29, 1.82) is 0 Å². The third-order valence-corrected chi connectivity index (χ3v) is 7.50. The fourth-order valence-electron chi connectivity index (χ4n) is 2.32. The van der Waals surface area contributed by atoms with Crippen LogP contribution in [-0.2, 0) is 4.08 Å². The smallest absolute Gasteiger partial charge is 0.136 e. The van der Waals surface area contributed by atoms with Crippen LogP contribution in [0.5, 0.6) is 5.75 Å². The van der Waals surface area contributed by atoms with Gasteiger partial charge in [-0.3, -0.25) is 0 Å². The Kier molecular flexibility index (Phi) is 2.31. The molecule has 0 unspecified atom stereocenters. The first kappa shape index (κ1) is 10.4. The first-order chi connectivity index (χ1) is 7.11. The molecule has 1 aromatic rings. The van der Waals surface area contributed by atoms with Crippen molar-refractivity contribution in [2.24, 2.45) is 0 Å². The number of thiophene rings is 1. The fraction of sp³-hybridized carbons (Fsp3) is 0.636. The Morgan fingerprint density at radius 1 is 1.27 bits per heavy atom. The summed E-state index contributed by atoms with van der Waals surface area (Å²) in [6, 6.07) is 2.13. The average Bonchev–Trinajstić information content (AvgIpc) is 2.72. The molecule has 2 aliphatic rings. The van der Waals surface area contributed by atoms with E-state index in [2.05, 4.69) is 48.8 Å². The Labute approximate surface area is 103 Å². The lowest BCUT2D eigenvalue weighted by Gasteiger charge is -2.41. The van der Waals surface area contributed by atoms with Crippen molar-refractivity contribution in [2.75, 3.05) is 11.5 Å². The summed E-state index contributed by atoms with van der Waals surface area (Å²) in [5.74, 6) is 3.68. The van der Waals surface area contributed by atoms with Gasteiger partial charge < -0.3 is 4.74 Å². The van der Waals surface area contributed by atoms with E-state index in [1.54, 1.807) is 0 Å². The van der Waals surface area contributed by atoms with Gasteiger partial charge in [-0.2, -0.15) is 0 Å². The van der Waals surface area contributed by atoms with Gasteiger partial charge in [0.1, 0.15) is 15.4 Å². The van der Waals surface area contributed by atoms with E-state index in [1.165, 1.54) is 16.4 Å².